The minimum atomic E-state index is 0.0763. The van der Waals surface area contributed by atoms with Crippen molar-refractivity contribution in [2.75, 3.05) is 12.9 Å². The van der Waals surface area contributed by atoms with E-state index in [1.165, 1.54) is 0 Å². The van der Waals surface area contributed by atoms with Crippen LogP contribution in [0.2, 0.25) is 5.02 Å². The normalized spacial score (nSPS) is 19.8. The van der Waals surface area contributed by atoms with Crippen LogP contribution in [0.25, 0.3) is 0 Å². The summed E-state index contributed by atoms with van der Waals surface area (Å²) in [5.74, 6) is 1.82. The Morgan fingerprint density at radius 2 is 2.38 bits per heavy atom. The number of halogens is 1. The number of benzene rings is 1. The van der Waals surface area contributed by atoms with Gasteiger partial charge < -0.3 is 4.74 Å². The van der Waals surface area contributed by atoms with E-state index in [0.717, 1.165) is 18.6 Å². The Morgan fingerprint density at radius 3 is 3.00 bits per heavy atom. The molecule has 0 aliphatic carbocycles. The molecule has 0 spiro atoms. The molecule has 0 bridgehead atoms. The number of ketones is 1. The highest BCUT2D eigenvalue weighted by Crippen LogP contribution is 2.32. The number of rotatable bonds is 3. The first-order valence-electron chi connectivity index (χ1n) is 5.21. The molecule has 0 aromatic heterocycles. The Kier molecular flexibility index (Phi) is 3.77. The molecule has 4 heteroatoms. The van der Waals surface area contributed by atoms with Gasteiger partial charge in [-0.25, -0.2) is 0 Å². The minimum Gasteiger partial charge on any atom is -0.496 e. The number of ether oxygens (including phenoxy) is 1. The number of Topliss-reactive ketones (excluding diaryl/α,β-unsaturated/α-hetero) is 1. The van der Waals surface area contributed by atoms with Gasteiger partial charge in [-0.05, 0) is 36.8 Å². The lowest BCUT2D eigenvalue weighted by atomic mass is 10.0. The number of carbonyl (C=O) groups excluding carboxylic acids is 1. The molecule has 1 fully saturated rings. The number of methoxy groups -OCH3 is 1. The fourth-order valence-electron chi connectivity index (χ4n) is 1.83. The maximum Gasteiger partial charge on any atom is 0.179 e. The van der Waals surface area contributed by atoms with Crippen LogP contribution in [0.3, 0.4) is 0 Å². The molecule has 1 saturated heterocycles. The summed E-state index contributed by atoms with van der Waals surface area (Å²) in [5, 5.41) is 0.652. The van der Waals surface area contributed by atoms with E-state index in [2.05, 4.69) is 0 Å². The zero-order chi connectivity index (χ0) is 11.5. The third kappa shape index (κ3) is 2.36. The second-order valence-electron chi connectivity index (χ2n) is 3.71. The topological polar surface area (TPSA) is 26.3 Å². The van der Waals surface area contributed by atoms with Crippen molar-refractivity contribution in [1.29, 1.82) is 0 Å². The number of thioether (sulfide) groups is 1. The van der Waals surface area contributed by atoms with E-state index in [0.29, 0.717) is 16.3 Å². The van der Waals surface area contributed by atoms with Gasteiger partial charge in [0.15, 0.2) is 5.78 Å². The Bertz CT molecular complexity index is 400. The zero-order valence-electron chi connectivity index (χ0n) is 9.03. The van der Waals surface area contributed by atoms with Gasteiger partial charge in [-0.2, -0.15) is 11.8 Å². The maximum absolute atomic E-state index is 12.2. The quantitative estimate of drug-likeness (QED) is 0.775. The molecule has 1 aliphatic rings. The molecule has 86 valence electrons. The van der Waals surface area contributed by atoms with Gasteiger partial charge in [0.2, 0.25) is 0 Å². The molecule has 0 saturated carbocycles. The van der Waals surface area contributed by atoms with Gasteiger partial charge >= 0.3 is 0 Å². The summed E-state index contributed by atoms with van der Waals surface area (Å²) in [6, 6.07) is 5.18. The van der Waals surface area contributed by atoms with Gasteiger partial charge in [0.05, 0.1) is 17.9 Å². The van der Waals surface area contributed by atoms with E-state index in [-0.39, 0.29) is 11.0 Å². The van der Waals surface area contributed by atoms with Crippen molar-refractivity contribution in [1.82, 2.24) is 0 Å². The number of hydrogen-bond acceptors (Lipinski definition) is 3. The third-order valence-corrected chi connectivity index (χ3v) is 4.26. The largest absolute Gasteiger partial charge is 0.496 e. The minimum absolute atomic E-state index is 0.0763. The number of carbonyl (C=O) groups is 1. The summed E-state index contributed by atoms with van der Waals surface area (Å²) in [6.07, 6.45) is 2.07. The SMILES string of the molecule is COc1ccc(Cl)cc1C(=O)C1CCCS1. The molecular weight excluding hydrogens is 244 g/mol. The lowest BCUT2D eigenvalue weighted by Gasteiger charge is -2.11. The van der Waals surface area contributed by atoms with Crippen LogP contribution in [0.4, 0.5) is 0 Å². The second kappa shape index (κ2) is 5.11. The van der Waals surface area contributed by atoms with E-state index in [4.69, 9.17) is 16.3 Å². The molecule has 1 aromatic rings. The average Bonchev–Trinajstić information content (AvgIpc) is 2.81. The van der Waals surface area contributed by atoms with Crippen LogP contribution in [0.5, 0.6) is 5.75 Å². The fourth-order valence-corrected chi connectivity index (χ4v) is 3.23. The Balaban J connectivity index is 2.30. The smallest absolute Gasteiger partial charge is 0.179 e. The van der Waals surface area contributed by atoms with Crippen molar-refractivity contribution >= 4 is 29.1 Å². The summed E-state index contributed by atoms with van der Waals surface area (Å²) in [4.78, 5) is 12.2. The Labute approximate surface area is 104 Å². The summed E-state index contributed by atoms with van der Waals surface area (Å²) in [6.45, 7) is 0. The van der Waals surface area contributed by atoms with Crippen LogP contribution in [0.1, 0.15) is 23.2 Å². The van der Waals surface area contributed by atoms with Crippen LogP contribution in [-0.2, 0) is 0 Å². The average molecular weight is 257 g/mol. The molecule has 2 rings (SSSR count). The van der Waals surface area contributed by atoms with E-state index in [9.17, 15) is 4.79 Å². The number of hydrogen-bond donors (Lipinski definition) is 0. The summed E-state index contributed by atoms with van der Waals surface area (Å²) in [5.41, 5.74) is 0.606. The van der Waals surface area contributed by atoms with Gasteiger partial charge in [0.25, 0.3) is 0 Å². The van der Waals surface area contributed by atoms with Gasteiger partial charge in [-0.1, -0.05) is 11.6 Å². The standard InChI is InChI=1S/C12H13ClO2S/c1-15-10-5-4-8(13)7-9(10)12(14)11-3-2-6-16-11/h4-5,7,11H,2-3,6H2,1H3. The van der Waals surface area contributed by atoms with E-state index in [1.807, 2.05) is 0 Å². The predicted octanol–water partition coefficient (Wildman–Crippen LogP) is 3.43. The predicted molar refractivity (Wildman–Crippen MR) is 67.8 cm³/mol. The summed E-state index contributed by atoms with van der Waals surface area (Å²) >= 11 is 7.63. The third-order valence-electron chi connectivity index (χ3n) is 2.65. The Morgan fingerprint density at radius 1 is 1.56 bits per heavy atom. The van der Waals surface area contributed by atoms with Gasteiger partial charge in [0.1, 0.15) is 5.75 Å². The van der Waals surface area contributed by atoms with Crippen molar-refractivity contribution in [2.24, 2.45) is 0 Å². The molecule has 1 aromatic carbocycles. The van der Waals surface area contributed by atoms with Crippen LogP contribution in [-0.4, -0.2) is 23.9 Å². The molecule has 0 N–H and O–H groups in total. The van der Waals surface area contributed by atoms with Crippen molar-refractivity contribution in [2.45, 2.75) is 18.1 Å². The first kappa shape index (κ1) is 11.8. The van der Waals surface area contributed by atoms with Gasteiger partial charge in [0, 0.05) is 5.02 Å². The molecule has 1 heterocycles. The second-order valence-corrected chi connectivity index (χ2v) is 5.46. The van der Waals surface area contributed by atoms with Gasteiger partial charge in [-0.15, -0.1) is 0 Å². The maximum atomic E-state index is 12.2. The lowest BCUT2D eigenvalue weighted by molar-refractivity contribution is 0.0985. The zero-order valence-corrected chi connectivity index (χ0v) is 10.6. The van der Waals surface area contributed by atoms with Crippen LogP contribution < -0.4 is 4.74 Å². The molecule has 0 amide bonds. The monoisotopic (exact) mass is 256 g/mol. The molecule has 1 unspecified atom stereocenters. The highest BCUT2D eigenvalue weighted by Gasteiger charge is 2.26. The highest BCUT2D eigenvalue weighted by molar-refractivity contribution is 8.00. The highest BCUT2D eigenvalue weighted by atomic mass is 35.5. The Hall–Kier alpha value is -0.670. The van der Waals surface area contributed by atoms with Crippen molar-refractivity contribution in [3.05, 3.63) is 28.8 Å². The fraction of sp³-hybridized carbons (Fsp3) is 0.417. The first-order chi connectivity index (χ1) is 7.72. The summed E-state index contributed by atoms with van der Waals surface area (Å²) < 4.78 is 5.19. The molecule has 0 radical (unpaired) electrons. The van der Waals surface area contributed by atoms with Crippen molar-refractivity contribution < 1.29 is 9.53 Å². The lowest BCUT2D eigenvalue weighted by Crippen LogP contribution is -2.15. The molecular formula is C12H13ClO2S. The molecule has 2 nitrogen and oxygen atoms in total. The van der Waals surface area contributed by atoms with Crippen molar-refractivity contribution in [3.8, 4) is 5.75 Å². The van der Waals surface area contributed by atoms with E-state index >= 15 is 0 Å². The van der Waals surface area contributed by atoms with Crippen LogP contribution >= 0.6 is 23.4 Å². The molecule has 1 aliphatic heterocycles. The van der Waals surface area contributed by atoms with E-state index in [1.54, 1.807) is 37.1 Å². The van der Waals surface area contributed by atoms with Crippen molar-refractivity contribution in [3.63, 3.8) is 0 Å². The first-order valence-corrected chi connectivity index (χ1v) is 6.64. The molecule has 16 heavy (non-hydrogen) atoms. The van der Waals surface area contributed by atoms with Crippen LogP contribution in [0, 0.1) is 0 Å². The van der Waals surface area contributed by atoms with E-state index < -0.39 is 0 Å². The van der Waals surface area contributed by atoms with Crippen LogP contribution in [0.15, 0.2) is 18.2 Å². The summed E-state index contributed by atoms with van der Waals surface area (Å²) in [7, 11) is 1.57. The molecule has 1 atom stereocenters. The van der Waals surface area contributed by atoms with Gasteiger partial charge in [-0.3, -0.25) is 4.79 Å².